The van der Waals surface area contributed by atoms with Crippen LogP contribution in [0.15, 0.2) is 45.7 Å². The second kappa shape index (κ2) is 4.20. The van der Waals surface area contributed by atoms with Crippen molar-refractivity contribution in [3.63, 3.8) is 0 Å². The van der Waals surface area contributed by atoms with E-state index >= 15 is 0 Å². The van der Waals surface area contributed by atoms with E-state index in [-0.39, 0.29) is 5.82 Å². The molecule has 0 saturated carbocycles. The molecule has 3 rings (SSSR count). The van der Waals surface area contributed by atoms with Crippen molar-refractivity contribution < 1.29 is 4.39 Å². The van der Waals surface area contributed by atoms with Crippen molar-refractivity contribution in [3.05, 3.63) is 57.7 Å². The number of hydrogen-bond acceptors (Lipinski definition) is 3. The minimum absolute atomic E-state index is 0.257. The van der Waals surface area contributed by atoms with Crippen LogP contribution in [0.1, 0.15) is 6.42 Å². The molecule has 1 heterocycles. The zero-order valence-electron chi connectivity index (χ0n) is 8.81. The molecule has 2 aliphatic rings. The van der Waals surface area contributed by atoms with Gasteiger partial charge < -0.3 is 0 Å². The average molecular weight is 261 g/mol. The van der Waals surface area contributed by atoms with Crippen LogP contribution in [0.4, 0.5) is 4.39 Å². The molecule has 1 aromatic rings. The van der Waals surface area contributed by atoms with E-state index in [2.05, 4.69) is 4.40 Å². The highest BCUT2D eigenvalue weighted by atomic mass is 32.2. The summed E-state index contributed by atoms with van der Waals surface area (Å²) in [6, 6.07) is 4.94. The first-order valence-electron chi connectivity index (χ1n) is 5.20. The van der Waals surface area contributed by atoms with Crippen molar-refractivity contribution in [2.45, 2.75) is 6.42 Å². The maximum absolute atomic E-state index is 14.0. The van der Waals surface area contributed by atoms with Crippen LogP contribution in [0, 0.1) is 5.82 Å². The van der Waals surface area contributed by atoms with E-state index in [1.54, 1.807) is 6.07 Å². The number of fused-ring (bicyclic) bond motifs is 2. The summed E-state index contributed by atoms with van der Waals surface area (Å²) >= 11 is 6.67. The van der Waals surface area contributed by atoms with Gasteiger partial charge in [0.05, 0.1) is 5.36 Å². The van der Waals surface area contributed by atoms with Crippen molar-refractivity contribution in [2.24, 2.45) is 4.40 Å². The smallest absolute Gasteiger partial charge is 0.133 e. The zero-order valence-corrected chi connectivity index (χ0v) is 10.4. The van der Waals surface area contributed by atoms with Gasteiger partial charge in [-0.15, -0.1) is 0 Å². The fourth-order valence-corrected chi connectivity index (χ4v) is 2.94. The third-order valence-corrected chi connectivity index (χ3v) is 3.77. The van der Waals surface area contributed by atoms with Crippen molar-refractivity contribution in [2.75, 3.05) is 0 Å². The first-order chi connectivity index (χ1) is 8.27. The lowest BCUT2D eigenvalue weighted by molar-refractivity contribution is 0.616. The van der Waals surface area contributed by atoms with Gasteiger partial charge >= 0.3 is 0 Å². The van der Waals surface area contributed by atoms with Gasteiger partial charge in [0, 0.05) is 39.4 Å². The summed E-state index contributed by atoms with van der Waals surface area (Å²) in [6.45, 7) is 0. The van der Waals surface area contributed by atoms with E-state index in [0.717, 1.165) is 16.0 Å². The second-order valence-electron chi connectivity index (χ2n) is 3.81. The van der Waals surface area contributed by atoms with Gasteiger partial charge in [-0.05, 0) is 17.7 Å². The average Bonchev–Trinajstić information content (AvgIpc) is 2.50. The normalized spacial score (nSPS) is 17.8. The molecule has 0 spiro atoms. The van der Waals surface area contributed by atoms with Gasteiger partial charge in [-0.25, -0.2) is 8.79 Å². The van der Waals surface area contributed by atoms with Crippen molar-refractivity contribution in [3.8, 4) is 0 Å². The summed E-state index contributed by atoms with van der Waals surface area (Å²) in [4.78, 5) is 0.780. The van der Waals surface area contributed by atoms with Crippen LogP contribution in [0.5, 0.6) is 0 Å². The van der Waals surface area contributed by atoms with E-state index in [1.807, 2.05) is 23.6 Å². The minimum atomic E-state index is -0.257. The fraction of sp³-hybridized carbons (Fsp3) is 0.0769. The number of rotatable bonds is 0. The van der Waals surface area contributed by atoms with Crippen molar-refractivity contribution in [1.82, 2.24) is 0 Å². The lowest BCUT2D eigenvalue weighted by atomic mass is 9.94. The summed E-state index contributed by atoms with van der Waals surface area (Å²) in [5.41, 5.74) is 1.78. The highest BCUT2D eigenvalue weighted by molar-refractivity contribution is 8.00. The molecule has 0 bridgehead atoms. The summed E-state index contributed by atoms with van der Waals surface area (Å²) in [6.07, 6.45) is 4.68. The molecule has 0 aromatic heterocycles. The Morgan fingerprint density at radius 1 is 1.35 bits per heavy atom. The first kappa shape index (κ1) is 10.9. The van der Waals surface area contributed by atoms with Crippen LogP contribution >= 0.6 is 24.2 Å². The molecular weight excluding hydrogens is 253 g/mol. The topological polar surface area (TPSA) is 12.4 Å². The van der Waals surface area contributed by atoms with Gasteiger partial charge in [0.25, 0.3) is 0 Å². The predicted octanol–water partition coefficient (Wildman–Crippen LogP) is 2.47. The largest absolute Gasteiger partial charge is 0.211 e. The Labute approximate surface area is 108 Å². The lowest BCUT2D eigenvalue weighted by Crippen LogP contribution is -2.32. The molecular formula is C13H8FNS2. The molecule has 0 amide bonds. The second-order valence-corrected chi connectivity index (χ2v) is 4.93. The molecule has 4 heteroatoms. The van der Waals surface area contributed by atoms with Crippen LogP contribution in [-0.4, -0.2) is 4.86 Å². The highest BCUT2D eigenvalue weighted by Gasteiger charge is 2.17. The summed E-state index contributed by atoms with van der Waals surface area (Å²) < 4.78 is 18.3. The molecule has 17 heavy (non-hydrogen) atoms. The SMILES string of the molecule is Fc1cccc2c1=C1C(=S)CC=CC1=CSN=2. The van der Waals surface area contributed by atoms with Crippen LogP contribution in [-0.2, 0) is 0 Å². The van der Waals surface area contributed by atoms with Gasteiger partial charge in [0.2, 0.25) is 0 Å². The molecule has 1 aliphatic carbocycles. The molecule has 1 aromatic carbocycles. The van der Waals surface area contributed by atoms with E-state index < -0.39 is 0 Å². The lowest BCUT2D eigenvalue weighted by Gasteiger charge is -2.13. The maximum atomic E-state index is 14.0. The number of nitrogens with zero attached hydrogens (tertiary/aromatic N) is 1. The van der Waals surface area contributed by atoms with Crippen molar-refractivity contribution in [1.29, 1.82) is 0 Å². The van der Waals surface area contributed by atoms with Crippen LogP contribution < -0.4 is 10.6 Å². The Morgan fingerprint density at radius 3 is 3.12 bits per heavy atom. The highest BCUT2D eigenvalue weighted by Crippen LogP contribution is 2.25. The number of hydrogen-bond donors (Lipinski definition) is 0. The van der Waals surface area contributed by atoms with E-state index in [9.17, 15) is 4.39 Å². The van der Waals surface area contributed by atoms with Crippen LogP contribution in [0.3, 0.4) is 0 Å². The molecule has 84 valence electrons. The van der Waals surface area contributed by atoms with Crippen molar-refractivity contribution >= 4 is 34.6 Å². The van der Waals surface area contributed by atoms with E-state index in [4.69, 9.17) is 12.2 Å². The summed E-state index contributed by atoms with van der Waals surface area (Å²) in [5, 5.41) is 3.11. The van der Waals surface area contributed by atoms with Gasteiger partial charge in [0.1, 0.15) is 5.82 Å². The molecule has 1 nitrogen and oxygen atoms in total. The molecule has 0 fully saturated rings. The summed E-state index contributed by atoms with van der Waals surface area (Å²) in [7, 11) is 0. The molecule has 1 aliphatic heterocycles. The minimum Gasteiger partial charge on any atom is -0.211 e. The Balaban J connectivity index is 2.52. The van der Waals surface area contributed by atoms with Gasteiger partial charge in [-0.2, -0.15) is 0 Å². The maximum Gasteiger partial charge on any atom is 0.133 e. The molecule has 0 unspecified atom stereocenters. The zero-order chi connectivity index (χ0) is 11.8. The van der Waals surface area contributed by atoms with Gasteiger partial charge in [-0.3, -0.25) is 0 Å². The predicted molar refractivity (Wildman–Crippen MR) is 72.6 cm³/mol. The standard InChI is InChI=1S/C13H8FNS2/c14-9-4-2-5-10-13(9)12-8(7-17-15-10)3-1-6-11(12)16/h1-5,7H,6H2. The summed E-state index contributed by atoms with van der Waals surface area (Å²) in [5.74, 6) is -0.257. The number of benzene rings is 1. The fourth-order valence-electron chi connectivity index (χ4n) is 2.00. The number of thiocarbonyl (C=S) groups is 1. The van der Waals surface area contributed by atoms with Crippen LogP contribution in [0.25, 0.3) is 5.57 Å². The first-order valence-corrected chi connectivity index (χ1v) is 6.45. The number of halogens is 1. The van der Waals surface area contributed by atoms with E-state index in [0.29, 0.717) is 17.0 Å². The van der Waals surface area contributed by atoms with Gasteiger partial charge in [0.15, 0.2) is 0 Å². The Hall–Kier alpha value is -1.26. The quantitative estimate of drug-likeness (QED) is 0.525. The molecule has 0 radical (unpaired) electrons. The molecule has 0 N–H and O–H groups in total. The Kier molecular flexibility index (Phi) is 2.68. The molecule has 0 saturated heterocycles. The van der Waals surface area contributed by atoms with E-state index in [1.165, 1.54) is 18.0 Å². The number of allylic oxidation sites excluding steroid dienone is 3. The molecule has 0 atom stereocenters. The Morgan fingerprint density at radius 2 is 2.24 bits per heavy atom. The monoisotopic (exact) mass is 261 g/mol. The third-order valence-electron chi connectivity index (χ3n) is 2.74. The van der Waals surface area contributed by atoms with Gasteiger partial charge in [-0.1, -0.05) is 30.4 Å². The van der Waals surface area contributed by atoms with Crippen LogP contribution in [0.2, 0.25) is 0 Å². The Bertz CT molecular complexity index is 686. The third kappa shape index (κ3) is 1.77.